The monoisotopic (exact) mass is 236 g/mol. The van der Waals surface area contributed by atoms with E-state index in [2.05, 4.69) is 0 Å². The SMILES string of the molecule is Cc1cc(=O)c(N)cn1-c1c(F)cccc1F. The van der Waals surface area contributed by atoms with Crippen molar-refractivity contribution in [2.75, 3.05) is 5.73 Å². The normalized spacial score (nSPS) is 10.5. The molecule has 1 aromatic carbocycles. The number of nitrogens with two attached hydrogens (primary N) is 1. The van der Waals surface area contributed by atoms with Crippen molar-refractivity contribution in [2.45, 2.75) is 6.92 Å². The number of pyridine rings is 1. The summed E-state index contributed by atoms with van der Waals surface area (Å²) in [6, 6.07) is 4.80. The molecule has 17 heavy (non-hydrogen) atoms. The molecule has 0 aliphatic carbocycles. The highest BCUT2D eigenvalue weighted by molar-refractivity contribution is 5.43. The molecule has 0 atom stereocenters. The Bertz CT molecular complexity index is 615. The van der Waals surface area contributed by atoms with Crippen LogP contribution >= 0.6 is 0 Å². The second kappa shape index (κ2) is 4.01. The average molecular weight is 236 g/mol. The van der Waals surface area contributed by atoms with Crippen LogP contribution in [-0.2, 0) is 0 Å². The molecule has 0 saturated carbocycles. The molecule has 0 aliphatic rings. The van der Waals surface area contributed by atoms with Gasteiger partial charge >= 0.3 is 0 Å². The fraction of sp³-hybridized carbons (Fsp3) is 0.0833. The molecule has 0 aliphatic heterocycles. The van der Waals surface area contributed by atoms with Gasteiger partial charge in [0.2, 0.25) is 5.43 Å². The number of nitrogens with zero attached hydrogens (tertiary/aromatic N) is 1. The Hall–Kier alpha value is -2.17. The topological polar surface area (TPSA) is 48.0 Å². The summed E-state index contributed by atoms with van der Waals surface area (Å²) < 4.78 is 28.4. The van der Waals surface area contributed by atoms with Gasteiger partial charge in [-0.1, -0.05) is 6.07 Å². The van der Waals surface area contributed by atoms with Crippen LogP contribution in [0.1, 0.15) is 5.69 Å². The van der Waals surface area contributed by atoms with Gasteiger partial charge in [0.25, 0.3) is 0 Å². The molecule has 0 unspecified atom stereocenters. The molecule has 3 nitrogen and oxygen atoms in total. The molecule has 0 spiro atoms. The summed E-state index contributed by atoms with van der Waals surface area (Å²) in [7, 11) is 0. The molecule has 0 bridgehead atoms. The Kier molecular flexibility index (Phi) is 2.67. The van der Waals surface area contributed by atoms with Crippen LogP contribution < -0.4 is 11.2 Å². The van der Waals surface area contributed by atoms with E-state index in [0.29, 0.717) is 5.69 Å². The highest BCUT2D eigenvalue weighted by atomic mass is 19.1. The Morgan fingerprint density at radius 1 is 1.24 bits per heavy atom. The minimum atomic E-state index is -0.712. The maximum Gasteiger partial charge on any atom is 0.204 e. The smallest absolute Gasteiger partial charge is 0.204 e. The second-order valence-electron chi connectivity index (χ2n) is 3.67. The van der Waals surface area contributed by atoms with Crippen LogP contribution in [0.15, 0.2) is 35.3 Å². The molecule has 1 aromatic heterocycles. The minimum Gasteiger partial charge on any atom is -0.394 e. The number of hydrogen-bond acceptors (Lipinski definition) is 2. The summed E-state index contributed by atoms with van der Waals surface area (Å²) >= 11 is 0. The molecule has 0 saturated heterocycles. The molecule has 0 radical (unpaired) electrons. The lowest BCUT2D eigenvalue weighted by Crippen LogP contribution is -2.14. The van der Waals surface area contributed by atoms with Gasteiger partial charge in [0.05, 0.1) is 5.69 Å². The van der Waals surface area contributed by atoms with E-state index in [1.807, 2.05) is 0 Å². The van der Waals surface area contributed by atoms with E-state index in [4.69, 9.17) is 5.73 Å². The van der Waals surface area contributed by atoms with E-state index in [1.54, 1.807) is 6.92 Å². The molecule has 5 heteroatoms. The van der Waals surface area contributed by atoms with Crippen molar-refractivity contribution in [1.29, 1.82) is 0 Å². The minimum absolute atomic E-state index is 0.0572. The summed E-state index contributed by atoms with van der Waals surface area (Å²) in [4.78, 5) is 11.3. The second-order valence-corrected chi connectivity index (χ2v) is 3.67. The average Bonchev–Trinajstić information content (AvgIpc) is 2.25. The predicted octanol–water partition coefficient (Wildman–Crippen LogP) is 2.01. The van der Waals surface area contributed by atoms with Crippen molar-refractivity contribution in [1.82, 2.24) is 4.57 Å². The van der Waals surface area contributed by atoms with E-state index in [0.717, 1.165) is 12.1 Å². The zero-order valence-electron chi connectivity index (χ0n) is 9.08. The number of benzene rings is 1. The van der Waals surface area contributed by atoms with Gasteiger partial charge in [0, 0.05) is 18.0 Å². The van der Waals surface area contributed by atoms with Crippen LogP contribution in [0.4, 0.5) is 14.5 Å². The van der Waals surface area contributed by atoms with Gasteiger partial charge in [-0.15, -0.1) is 0 Å². The van der Waals surface area contributed by atoms with Crippen molar-refractivity contribution in [3.63, 3.8) is 0 Å². The Morgan fingerprint density at radius 2 is 1.82 bits per heavy atom. The van der Waals surface area contributed by atoms with Crippen molar-refractivity contribution < 1.29 is 8.78 Å². The Balaban J connectivity index is 2.77. The van der Waals surface area contributed by atoms with Crippen LogP contribution in [0, 0.1) is 18.6 Å². The van der Waals surface area contributed by atoms with Crippen LogP contribution in [0.3, 0.4) is 0 Å². The fourth-order valence-electron chi connectivity index (χ4n) is 1.61. The number of nitrogen functional groups attached to an aromatic ring is 1. The van der Waals surface area contributed by atoms with Crippen molar-refractivity contribution in [3.8, 4) is 5.69 Å². The first-order chi connectivity index (χ1) is 8.00. The molecular weight excluding hydrogens is 226 g/mol. The van der Waals surface area contributed by atoms with E-state index in [-0.39, 0.29) is 16.8 Å². The van der Waals surface area contributed by atoms with Gasteiger partial charge in [0.1, 0.15) is 17.3 Å². The molecule has 0 fully saturated rings. The van der Waals surface area contributed by atoms with E-state index in [1.165, 1.54) is 22.9 Å². The lowest BCUT2D eigenvalue weighted by atomic mass is 10.2. The highest BCUT2D eigenvalue weighted by Crippen LogP contribution is 2.19. The number of anilines is 1. The summed E-state index contributed by atoms with van der Waals surface area (Å²) in [5.41, 5.74) is 5.20. The molecule has 2 N–H and O–H groups in total. The Labute approximate surface area is 96.1 Å². The first-order valence-corrected chi connectivity index (χ1v) is 4.94. The molecule has 2 rings (SSSR count). The first kappa shape index (κ1) is 11.3. The summed E-state index contributed by atoms with van der Waals surface area (Å²) in [5, 5.41) is 0. The molecule has 88 valence electrons. The summed E-state index contributed by atoms with van der Waals surface area (Å²) in [6.07, 6.45) is 1.22. The number of aryl methyl sites for hydroxylation is 1. The van der Waals surface area contributed by atoms with Crippen LogP contribution in [0.25, 0.3) is 5.69 Å². The summed E-state index contributed by atoms with van der Waals surface area (Å²) in [6.45, 7) is 1.58. The standard InChI is InChI=1S/C12H10F2N2O/c1-7-5-11(17)10(15)6-16(7)12-8(13)3-2-4-9(12)14/h2-6H,15H2,1H3. The van der Waals surface area contributed by atoms with Crippen LogP contribution in [0.2, 0.25) is 0 Å². The molecule has 2 aromatic rings. The van der Waals surface area contributed by atoms with Crippen LogP contribution in [-0.4, -0.2) is 4.57 Å². The predicted molar refractivity (Wildman–Crippen MR) is 61.1 cm³/mol. The quantitative estimate of drug-likeness (QED) is 0.823. The highest BCUT2D eigenvalue weighted by Gasteiger charge is 2.12. The summed E-state index contributed by atoms with van der Waals surface area (Å²) in [5.74, 6) is -1.42. The molecule has 1 heterocycles. The van der Waals surface area contributed by atoms with E-state index in [9.17, 15) is 13.6 Å². The fourth-order valence-corrected chi connectivity index (χ4v) is 1.61. The number of halogens is 2. The number of aromatic nitrogens is 1. The molecular formula is C12H10F2N2O. The van der Waals surface area contributed by atoms with Crippen LogP contribution in [0.5, 0.6) is 0 Å². The van der Waals surface area contributed by atoms with Crippen molar-refractivity contribution >= 4 is 5.69 Å². The number of para-hydroxylation sites is 1. The third-order valence-electron chi connectivity index (χ3n) is 2.45. The third kappa shape index (κ3) is 1.91. The number of rotatable bonds is 1. The van der Waals surface area contributed by atoms with Gasteiger partial charge in [0.15, 0.2) is 0 Å². The van der Waals surface area contributed by atoms with E-state index < -0.39 is 11.6 Å². The van der Waals surface area contributed by atoms with Gasteiger partial charge < -0.3 is 10.3 Å². The maximum absolute atomic E-state index is 13.6. The molecule has 0 amide bonds. The van der Waals surface area contributed by atoms with Gasteiger partial charge in [-0.2, -0.15) is 0 Å². The van der Waals surface area contributed by atoms with Gasteiger partial charge in [-0.25, -0.2) is 8.78 Å². The lowest BCUT2D eigenvalue weighted by Gasteiger charge is -2.12. The van der Waals surface area contributed by atoms with Crippen molar-refractivity contribution in [3.05, 3.63) is 58.0 Å². The van der Waals surface area contributed by atoms with Gasteiger partial charge in [-0.3, -0.25) is 4.79 Å². The van der Waals surface area contributed by atoms with Crippen molar-refractivity contribution in [2.24, 2.45) is 0 Å². The van der Waals surface area contributed by atoms with E-state index >= 15 is 0 Å². The number of hydrogen-bond donors (Lipinski definition) is 1. The third-order valence-corrected chi connectivity index (χ3v) is 2.45. The zero-order valence-corrected chi connectivity index (χ0v) is 9.08. The Morgan fingerprint density at radius 3 is 2.41 bits per heavy atom. The zero-order chi connectivity index (χ0) is 12.6. The first-order valence-electron chi connectivity index (χ1n) is 4.94. The largest absolute Gasteiger partial charge is 0.394 e. The lowest BCUT2D eigenvalue weighted by molar-refractivity contribution is 0.567. The van der Waals surface area contributed by atoms with Gasteiger partial charge in [-0.05, 0) is 19.1 Å². The maximum atomic E-state index is 13.6.